The molecule has 2 unspecified atom stereocenters. The van der Waals surface area contributed by atoms with Crippen molar-refractivity contribution in [1.29, 1.82) is 0 Å². The third-order valence-electron chi connectivity index (χ3n) is 5.95. The van der Waals surface area contributed by atoms with E-state index >= 15 is 0 Å². The molecule has 2 aromatic heterocycles. The molecule has 158 valence electrons. The molecular formula is C25H19N3O2S2. The SMILES string of the molecule is Cc1c(C2Sc3ccccc3NC2=O)c2ccccn2c1C1Sc2ccccc2NC1=O. The quantitative estimate of drug-likeness (QED) is 0.398. The molecule has 2 amide bonds. The molecule has 0 aliphatic carbocycles. The number of anilines is 2. The van der Waals surface area contributed by atoms with Crippen LogP contribution in [0.25, 0.3) is 5.52 Å². The third-order valence-corrected chi connectivity index (χ3v) is 8.53. The van der Waals surface area contributed by atoms with Gasteiger partial charge in [0, 0.05) is 27.2 Å². The average molecular weight is 458 g/mol. The first-order valence-corrected chi connectivity index (χ1v) is 12.1. The zero-order chi connectivity index (χ0) is 21.8. The number of nitrogens with one attached hydrogen (secondary N) is 2. The summed E-state index contributed by atoms with van der Waals surface area (Å²) in [6, 6.07) is 21.7. The highest BCUT2D eigenvalue weighted by atomic mass is 32.2. The summed E-state index contributed by atoms with van der Waals surface area (Å²) in [5.41, 5.74) is 5.51. The topological polar surface area (TPSA) is 62.6 Å². The van der Waals surface area contributed by atoms with Gasteiger partial charge in [-0.1, -0.05) is 30.3 Å². The summed E-state index contributed by atoms with van der Waals surface area (Å²) in [5, 5.41) is 5.32. The standard InChI is InChI=1S/C25H19N3O2S2/c1-14-20(22-24(29)26-15-8-2-4-11-18(15)31-22)17-10-6-7-13-28(17)21(14)23-25(30)27-16-9-3-5-12-19(16)32-23/h2-13,22-23H,1H3,(H,26,29)(H,27,30). The number of carbonyl (C=O) groups is 2. The second-order valence-corrected chi connectivity index (χ2v) is 10.1. The Labute approximate surface area is 193 Å². The van der Waals surface area contributed by atoms with E-state index < -0.39 is 5.25 Å². The molecule has 0 saturated heterocycles. The molecule has 0 radical (unpaired) electrons. The van der Waals surface area contributed by atoms with Crippen LogP contribution in [0.3, 0.4) is 0 Å². The molecule has 7 heteroatoms. The number of rotatable bonds is 2. The lowest BCUT2D eigenvalue weighted by molar-refractivity contribution is -0.116. The van der Waals surface area contributed by atoms with Crippen LogP contribution in [0.1, 0.15) is 27.3 Å². The van der Waals surface area contributed by atoms with Gasteiger partial charge in [-0.15, -0.1) is 23.5 Å². The lowest BCUT2D eigenvalue weighted by Gasteiger charge is -2.25. The lowest BCUT2D eigenvalue weighted by Crippen LogP contribution is -2.25. The van der Waals surface area contributed by atoms with Crippen LogP contribution in [-0.2, 0) is 9.59 Å². The van der Waals surface area contributed by atoms with E-state index in [2.05, 4.69) is 15.0 Å². The van der Waals surface area contributed by atoms with Crippen LogP contribution in [0.2, 0.25) is 0 Å². The smallest absolute Gasteiger partial charge is 0.243 e. The second kappa shape index (κ2) is 7.46. The maximum absolute atomic E-state index is 13.1. The Kier molecular flexibility index (Phi) is 4.55. The molecule has 32 heavy (non-hydrogen) atoms. The van der Waals surface area contributed by atoms with E-state index in [9.17, 15) is 9.59 Å². The van der Waals surface area contributed by atoms with Gasteiger partial charge in [-0.3, -0.25) is 9.59 Å². The molecule has 0 bridgehead atoms. The van der Waals surface area contributed by atoms with Crippen LogP contribution in [-0.4, -0.2) is 16.2 Å². The molecule has 5 nitrogen and oxygen atoms in total. The van der Waals surface area contributed by atoms with Crippen LogP contribution in [0.5, 0.6) is 0 Å². The van der Waals surface area contributed by atoms with Crippen LogP contribution in [0.4, 0.5) is 11.4 Å². The predicted molar refractivity (Wildman–Crippen MR) is 129 cm³/mol. The van der Waals surface area contributed by atoms with E-state index in [1.54, 1.807) is 23.5 Å². The molecule has 0 spiro atoms. The highest BCUT2D eigenvalue weighted by Crippen LogP contribution is 2.50. The Morgan fingerprint density at radius 1 is 0.750 bits per heavy atom. The predicted octanol–water partition coefficient (Wildman–Crippen LogP) is 5.82. The normalized spacial score (nSPS) is 19.8. The molecule has 6 rings (SSSR count). The van der Waals surface area contributed by atoms with Gasteiger partial charge in [0.15, 0.2) is 0 Å². The number of para-hydroxylation sites is 2. The molecule has 4 aromatic rings. The van der Waals surface area contributed by atoms with E-state index in [0.29, 0.717) is 0 Å². The number of hydrogen-bond donors (Lipinski definition) is 2. The minimum Gasteiger partial charge on any atom is -0.324 e. The number of carbonyl (C=O) groups excluding carboxylic acids is 2. The van der Waals surface area contributed by atoms with Gasteiger partial charge < -0.3 is 15.0 Å². The number of aromatic nitrogens is 1. The van der Waals surface area contributed by atoms with Gasteiger partial charge in [-0.25, -0.2) is 0 Å². The number of amides is 2. The van der Waals surface area contributed by atoms with Crippen molar-refractivity contribution < 1.29 is 9.59 Å². The minimum atomic E-state index is -0.405. The van der Waals surface area contributed by atoms with Gasteiger partial charge in [0.1, 0.15) is 10.5 Å². The van der Waals surface area contributed by atoms with Crippen molar-refractivity contribution in [3.05, 3.63) is 89.7 Å². The molecular weight excluding hydrogens is 438 g/mol. The number of hydrogen-bond acceptors (Lipinski definition) is 4. The third kappa shape index (κ3) is 2.96. The number of fused-ring (bicyclic) bond motifs is 3. The molecule has 0 fully saturated rings. The lowest BCUT2D eigenvalue weighted by atomic mass is 10.0. The van der Waals surface area contributed by atoms with Crippen molar-refractivity contribution >= 4 is 52.2 Å². The molecule has 2 aromatic carbocycles. The van der Waals surface area contributed by atoms with E-state index in [-0.39, 0.29) is 17.1 Å². The minimum absolute atomic E-state index is 0.0363. The molecule has 2 aliphatic rings. The Morgan fingerprint density at radius 3 is 2.00 bits per heavy atom. The van der Waals surface area contributed by atoms with Crippen molar-refractivity contribution in [2.45, 2.75) is 27.2 Å². The summed E-state index contributed by atoms with van der Waals surface area (Å²) in [6.07, 6.45) is 1.98. The Balaban J connectivity index is 1.50. The molecule has 2 N–H and O–H groups in total. The first-order chi connectivity index (χ1) is 15.6. The van der Waals surface area contributed by atoms with Gasteiger partial charge in [0.2, 0.25) is 11.8 Å². The summed E-state index contributed by atoms with van der Waals surface area (Å²) in [4.78, 5) is 28.4. The van der Waals surface area contributed by atoms with E-state index in [4.69, 9.17) is 0 Å². The Bertz CT molecular complexity index is 1310. The van der Waals surface area contributed by atoms with Crippen LogP contribution < -0.4 is 10.6 Å². The zero-order valence-corrected chi connectivity index (χ0v) is 18.8. The van der Waals surface area contributed by atoms with Crippen molar-refractivity contribution in [1.82, 2.24) is 4.40 Å². The van der Waals surface area contributed by atoms with E-state index in [0.717, 1.165) is 43.5 Å². The Morgan fingerprint density at radius 2 is 1.31 bits per heavy atom. The number of nitrogens with zero attached hydrogens (tertiary/aromatic N) is 1. The van der Waals surface area contributed by atoms with Gasteiger partial charge in [-0.05, 0) is 48.9 Å². The van der Waals surface area contributed by atoms with Crippen molar-refractivity contribution in [2.75, 3.05) is 10.6 Å². The Hall–Kier alpha value is -3.16. The monoisotopic (exact) mass is 457 g/mol. The maximum atomic E-state index is 13.1. The van der Waals surface area contributed by atoms with E-state index in [1.807, 2.05) is 79.9 Å². The molecule has 0 saturated carbocycles. The van der Waals surface area contributed by atoms with Crippen LogP contribution in [0, 0.1) is 6.92 Å². The summed E-state index contributed by atoms with van der Waals surface area (Å²) in [5.74, 6) is -0.0801. The zero-order valence-electron chi connectivity index (χ0n) is 17.2. The fourth-order valence-corrected chi connectivity index (χ4v) is 6.97. The van der Waals surface area contributed by atoms with Crippen molar-refractivity contribution in [3.8, 4) is 0 Å². The average Bonchev–Trinajstić information content (AvgIpc) is 3.09. The number of benzene rings is 2. The first kappa shape index (κ1) is 19.5. The first-order valence-electron chi connectivity index (χ1n) is 10.3. The number of thioether (sulfide) groups is 2. The second-order valence-electron chi connectivity index (χ2n) is 7.85. The summed E-state index contributed by atoms with van der Waals surface area (Å²) < 4.78 is 2.07. The fraction of sp³-hybridized carbons (Fsp3) is 0.120. The number of pyridine rings is 1. The summed E-state index contributed by atoms with van der Waals surface area (Å²) in [6.45, 7) is 2.03. The van der Waals surface area contributed by atoms with Gasteiger partial charge in [0.05, 0.1) is 16.9 Å². The van der Waals surface area contributed by atoms with Crippen molar-refractivity contribution in [3.63, 3.8) is 0 Å². The summed E-state index contributed by atoms with van der Waals surface area (Å²) >= 11 is 3.12. The van der Waals surface area contributed by atoms with Gasteiger partial charge in [0.25, 0.3) is 0 Å². The maximum Gasteiger partial charge on any atom is 0.243 e. The fourth-order valence-electron chi connectivity index (χ4n) is 4.51. The van der Waals surface area contributed by atoms with Crippen molar-refractivity contribution in [2.24, 2.45) is 0 Å². The largest absolute Gasteiger partial charge is 0.324 e. The highest BCUT2D eigenvalue weighted by molar-refractivity contribution is 8.00. The van der Waals surface area contributed by atoms with Crippen LogP contribution >= 0.6 is 23.5 Å². The summed E-state index contributed by atoms with van der Waals surface area (Å²) in [7, 11) is 0. The van der Waals surface area contributed by atoms with Gasteiger partial charge >= 0.3 is 0 Å². The van der Waals surface area contributed by atoms with E-state index in [1.165, 1.54) is 0 Å². The molecule has 2 aliphatic heterocycles. The van der Waals surface area contributed by atoms with Crippen LogP contribution in [0.15, 0.2) is 82.7 Å². The molecule has 4 heterocycles. The molecule has 2 atom stereocenters. The highest BCUT2D eigenvalue weighted by Gasteiger charge is 2.37. The van der Waals surface area contributed by atoms with Gasteiger partial charge in [-0.2, -0.15) is 0 Å².